The van der Waals surface area contributed by atoms with E-state index in [1.165, 1.54) is 11.8 Å². The molecule has 0 unspecified atom stereocenters. The van der Waals surface area contributed by atoms with Crippen molar-refractivity contribution < 1.29 is 8.42 Å². The molecule has 0 spiro atoms. The van der Waals surface area contributed by atoms with E-state index in [0.29, 0.717) is 0 Å². The van der Waals surface area contributed by atoms with E-state index in [-0.39, 0.29) is 4.90 Å². The molecule has 0 saturated carbocycles. The lowest BCUT2D eigenvalue weighted by molar-refractivity contribution is 0.584. The molecule has 0 amide bonds. The van der Waals surface area contributed by atoms with E-state index >= 15 is 0 Å². The molecule has 0 aliphatic carbocycles. The minimum atomic E-state index is -3.62. The van der Waals surface area contributed by atoms with Crippen molar-refractivity contribution in [3.63, 3.8) is 0 Å². The van der Waals surface area contributed by atoms with Gasteiger partial charge in [-0.25, -0.2) is 4.83 Å². The zero-order valence-electron chi connectivity index (χ0n) is 13.9. The van der Waals surface area contributed by atoms with Crippen molar-refractivity contribution in [2.75, 3.05) is 0 Å². The predicted octanol–water partition coefficient (Wildman–Crippen LogP) is 3.93. The smallest absolute Gasteiger partial charge is 0.200 e. The largest absolute Gasteiger partial charge is 0.276 e. The molecule has 0 aromatic heterocycles. The van der Waals surface area contributed by atoms with Gasteiger partial charge in [0, 0.05) is 6.21 Å². The van der Waals surface area contributed by atoms with Crippen molar-refractivity contribution in [2.45, 2.75) is 31.6 Å². The maximum absolute atomic E-state index is 12.0. The fourth-order valence-electron chi connectivity index (χ4n) is 2.15. The first-order valence-electron chi connectivity index (χ1n) is 7.88. The van der Waals surface area contributed by atoms with Gasteiger partial charge in [0.25, 0.3) is 10.0 Å². The summed E-state index contributed by atoms with van der Waals surface area (Å²) >= 11 is 0. The van der Waals surface area contributed by atoms with Crippen molar-refractivity contribution in [3.05, 3.63) is 71.3 Å². The van der Waals surface area contributed by atoms with Crippen LogP contribution in [0.1, 0.15) is 30.0 Å². The van der Waals surface area contributed by atoms with E-state index < -0.39 is 10.0 Å². The number of rotatable bonds is 7. The highest BCUT2D eigenvalue weighted by molar-refractivity contribution is 7.89. The number of aryl methyl sites for hydroxylation is 2. The van der Waals surface area contributed by atoms with Crippen LogP contribution in [0.3, 0.4) is 0 Å². The van der Waals surface area contributed by atoms with Crippen LogP contribution in [0.4, 0.5) is 0 Å². The van der Waals surface area contributed by atoms with Crippen molar-refractivity contribution >= 4 is 22.3 Å². The molecule has 0 bridgehead atoms. The highest BCUT2D eigenvalue weighted by Crippen LogP contribution is 2.10. The van der Waals surface area contributed by atoms with Gasteiger partial charge in [0.15, 0.2) is 0 Å². The third-order valence-corrected chi connectivity index (χ3v) is 4.71. The summed E-state index contributed by atoms with van der Waals surface area (Å²) in [5.74, 6) is 0. The molecule has 0 atom stereocenters. The number of hydrogen-bond acceptors (Lipinski definition) is 3. The molecule has 0 aliphatic rings. The molecule has 24 heavy (non-hydrogen) atoms. The Labute approximate surface area is 144 Å². The number of nitrogens with zero attached hydrogens (tertiary/aromatic N) is 1. The lowest BCUT2D eigenvalue weighted by Gasteiger charge is -2.02. The minimum absolute atomic E-state index is 0.195. The summed E-state index contributed by atoms with van der Waals surface area (Å²) in [6.07, 6.45) is 7.20. The molecule has 0 saturated heterocycles. The normalized spacial score (nSPS) is 12.1. The standard InChI is InChI=1S/C19H22N2O2S/c1-3-5-17-9-11-18(12-10-17)6-4-15-20-21-24(22,23)19-13-7-16(2)8-14-19/h4,6-15,21H,3,5H2,1-2H3/b6-4+,20-15-. The Morgan fingerprint density at radius 3 is 2.33 bits per heavy atom. The first-order chi connectivity index (χ1) is 11.5. The molecule has 2 aromatic carbocycles. The number of sulfonamides is 1. The fourth-order valence-corrected chi connectivity index (χ4v) is 2.95. The Morgan fingerprint density at radius 1 is 1.04 bits per heavy atom. The molecule has 1 N–H and O–H groups in total. The summed E-state index contributed by atoms with van der Waals surface area (Å²) in [6.45, 7) is 4.06. The molecule has 5 heteroatoms. The monoisotopic (exact) mass is 342 g/mol. The third-order valence-electron chi connectivity index (χ3n) is 3.47. The van der Waals surface area contributed by atoms with Gasteiger partial charge in [-0.05, 0) is 42.7 Å². The minimum Gasteiger partial charge on any atom is -0.200 e. The average molecular weight is 342 g/mol. The van der Waals surface area contributed by atoms with Crippen LogP contribution in [0.15, 0.2) is 64.6 Å². The van der Waals surface area contributed by atoms with Gasteiger partial charge in [0.1, 0.15) is 0 Å². The van der Waals surface area contributed by atoms with Gasteiger partial charge in [0.05, 0.1) is 4.90 Å². The van der Waals surface area contributed by atoms with Crippen molar-refractivity contribution in [2.24, 2.45) is 5.10 Å². The van der Waals surface area contributed by atoms with Gasteiger partial charge in [-0.2, -0.15) is 13.5 Å². The molecule has 2 aromatic rings. The summed E-state index contributed by atoms with van der Waals surface area (Å²) in [5.41, 5.74) is 3.36. The van der Waals surface area contributed by atoms with Crippen LogP contribution in [0.25, 0.3) is 6.08 Å². The topological polar surface area (TPSA) is 58.5 Å². The van der Waals surface area contributed by atoms with E-state index in [1.54, 1.807) is 30.3 Å². The summed E-state index contributed by atoms with van der Waals surface area (Å²) in [5, 5.41) is 3.75. The second kappa shape index (κ2) is 8.45. The molecule has 0 heterocycles. The van der Waals surface area contributed by atoms with Crippen LogP contribution in [0.2, 0.25) is 0 Å². The van der Waals surface area contributed by atoms with Crippen LogP contribution in [0, 0.1) is 6.92 Å². The molecule has 0 radical (unpaired) electrons. The highest BCUT2D eigenvalue weighted by Gasteiger charge is 2.11. The van der Waals surface area contributed by atoms with Gasteiger partial charge >= 0.3 is 0 Å². The van der Waals surface area contributed by atoms with Gasteiger partial charge in [-0.1, -0.05) is 61.4 Å². The van der Waals surface area contributed by atoms with Gasteiger partial charge in [-0.15, -0.1) is 0 Å². The maximum atomic E-state index is 12.0. The maximum Gasteiger partial charge on any atom is 0.276 e. The Morgan fingerprint density at radius 2 is 1.71 bits per heavy atom. The summed E-state index contributed by atoms with van der Waals surface area (Å²) in [6, 6.07) is 14.9. The van der Waals surface area contributed by atoms with Crippen LogP contribution in [-0.4, -0.2) is 14.6 Å². The second-order valence-corrected chi connectivity index (χ2v) is 7.20. The van der Waals surface area contributed by atoms with Crippen LogP contribution in [-0.2, 0) is 16.4 Å². The highest BCUT2D eigenvalue weighted by atomic mass is 32.2. The number of hydrazone groups is 1. The average Bonchev–Trinajstić information content (AvgIpc) is 2.57. The Kier molecular flexibility index (Phi) is 6.32. The van der Waals surface area contributed by atoms with E-state index in [1.807, 2.05) is 25.1 Å². The molecular weight excluding hydrogens is 320 g/mol. The van der Waals surface area contributed by atoms with Crippen LogP contribution >= 0.6 is 0 Å². The second-order valence-electron chi connectivity index (χ2n) is 5.54. The molecule has 4 nitrogen and oxygen atoms in total. The number of nitrogens with one attached hydrogen (secondary N) is 1. The third kappa shape index (κ3) is 5.35. The number of hydrogen-bond donors (Lipinski definition) is 1. The fraction of sp³-hybridized carbons (Fsp3) is 0.211. The van der Waals surface area contributed by atoms with Crippen LogP contribution in [0.5, 0.6) is 0 Å². The lowest BCUT2D eigenvalue weighted by Crippen LogP contribution is -2.17. The lowest BCUT2D eigenvalue weighted by atomic mass is 10.1. The first kappa shape index (κ1) is 17.9. The summed E-state index contributed by atoms with van der Waals surface area (Å²) in [7, 11) is -3.62. The Balaban J connectivity index is 1.92. The van der Waals surface area contributed by atoms with Gasteiger partial charge in [0.2, 0.25) is 0 Å². The molecule has 2 rings (SSSR count). The van der Waals surface area contributed by atoms with Crippen molar-refractivity contribution in [3.8, 4) is 0 Å². The molecular formula is C19H22N2O2S. The van der Waals surface area contributed by atoms with Crippen LogP contribution < -0.4 is 4.83 Å². The van der Waals surface area contributed by atoms with Crippen molar-refractivity contribution in [1.82, 2.24) is 4.83 Å². The van der Waals surface area contributed by atoms with E-state index in [0.717, 1.165) is 24.0 Å². The quantitative estimate of drug-likeness (QED) is 0.612. The molecule has 0 fully saturated rings. The first-order valence-corrected chi connectivity index (χ1v) is 9.37. The van der Waals surface area contributed by atoms with E-state index in [9.17, 15) is 8.42 Å². The summed E-state index contributed by atoms with van der Waals surface area (Å²) in [4.78, 5) is 2.39. The number of allylic oxidation sites excluding steroid dienone is 1. The zero-order chi connectivity index (χ0) is 17.4. The van der Waals surface area contributed by atoms with Crippen molar-refractivity contribution in [1.29, 1.82) is 0 Å². The molecule has 0 aliphatic heterocycles. The summed E-state index contributed by atoms with van der Waals surface area (Å²) < 4.78 is 24.1. The zero-order valence-corrected chi connectivity index (χ0v) is 14.8. The Bertz CT molecular complexity index is 805. The van der Waals surface area contributed by atoms with Gasteiger partial charge in [-0.3, -0.25) is 0 Å². The van der Waals surface area contributed by atoms with Gasteiger partial charge < -0.3 is 0 Å². The van der Waals surface area contributed by atoms with E-state index in [2.05, 4.69) is 29.0 Å². The predicted molar refractivity (Wildman–Crippen MR) is 99.5 cm³/mol. The molecule has 126 valence electrons. The van der Waals surface area contributed by atoms with E-state index in [4.69, 9.17) is 0 Å². The Hall–Kier alpha value is -2.40. The number of benzene rings is 2. The SMILES string of the molecule is CCCc1ccc(/C=C/C=N\NS(=O)(=O)c2ccc(C)cc2)cc1.